The van der Waals surface area contributed by atoms with Crippen molar-refractivity contribution >= 4 is 54.1 Å². The predicted molar refractivity (Wildman–Crippen MR) is 281 cm³/mol. The first-order valence-corrected chi connectivity index (χ1v) is 23.4. The van der Waals surface area contributed by atoms with Gasteiger partial charge in [-0.2, -0.15) is 0 Å². The van der Waals surface area contributed by atoms with Gasteiger partial charge in [-0.05, 0) is 65.7 Å². The minimum Gasteiger partial charge on any atom is -0.309 e. The summed E-state index contributed by atoms with van der Waals surface area (Å²) in [4.78, 5) is 26.1. The van der Waals surface area contributed by atoms with Crippen molar-refractivity contribution < 1.29 is 0 Å². The Morgan fingerprint density at radius 3 is 1.66 bits per heavy atom. The van der Waals surface area contributed by atoms with Crippen LogP contribution in [-0.4, -0.2) is 29.5 Å². The van der Waals surface area contributed by atoms with E-state index in [1.54, 1.807) is 11.3 Å². The number of thiophene rings is 1. The maximum Gasteiger partial charge on any atom is 0.160 e. The molecule has 6 heterocycles. The molecule has 7 heteroatoms. The molecule has 0 N–H and O–H groups in total. The second-order valence-corrected chi connectivity index (χ2v) is 17.9. The highest BCUT2D eigenvalue weighted by Gasteiger charge is 2.23. The zero-order valence-electron chi connectivity index (χ0n) is 36.5. The number of aromatic nitrogens is 6. The molecule has 0 fully saturated rings. The molecule has 7 aromatic carbocycles. The Morgan fingerprint density at radius 1 is 0.382 bits per heavy atom. The van der Waals surface area contributed by atoms with Crippen LogP contribution in [0.25, 0.3) is 126 Å². The number of pyridine rings is 3. The molecule has 0 unspecified atom stereocenters. The molecule has 0 aliphatic heterocycles. The molecular weight excluding hydrogens is 849 g/mol. The van der Waals surface area contributed by atoms with Gasteiger partial charge in [-0.1, -0.05) is 152 Å². The van der Waals surface area contributed by atoms with Gasteiger partial charge < -0.3 is 4.57 Å². The van der Waals surface area contributed by atoms with Gasteiger partial charge in [0.25, 0.3) is 0 Å². The predicted octanol–water partition coefficient (Wildman–Crippen LogP) is 15.8. The van der Waals surface area contributed by atoms with Crippen LogP contribution < -0.4 is 0 Å². The fourth-order valence-corrected chi connectivity index (χ4v) is 10.9. The van der Waals surface area contributed by atoms with E-state index < -0.39 is 0 Å². The van der Waals surface area contributed by atoms with Crippen LogP contribution in [-0.2, 0) is 0 Å². The summed E-state index contributed by atoms with van der Waals surface area (Å²) in [5, 5.41) is 4.68. The number of nitrogens with zero attached hydrogens (tertiary/aromatic N) is 6. The van der Waals surface area contributed by atoms with Crippen molar-refractivity contribution in [2.75, 3.05) is 0 Å². The van der Waals surface area contributed by atoms with E-state index in [1.165, 1.54) is 26.5 Å². The minimum atomic E-state index is 0.678. The summed E-state index contributed by atoms with van der Waals surface area (Å²) < 4.78 is 3.52. The fourth-order valence-electron chi connectivity index (χ4n) is 9.61. The molecule has 0 spiro atoms. The van der Waals surface area contributed by atoms with Crippen molar-refractivity contribution in [1.29, 1.82) is 0 Å². The Morgan fingerprint density at radius 2 is 0.971 bits per heavy atom. The Balaban J connectivity index is 0.930. The Hall–Kier alpha value is -8.91. The highest BCUT2D eigenvalue weighted by molar-refractivity contribution is 7.24. The number of fused-ring (bicyclic) bond motifs is 6. The van der Waals surface area contributed by atoms with Crippen molar-refractivity contribution in [2.24, 2.45) is 0 Å². The first-order chi connectivity index (χ1) is 33.7. The smallest absolute Gasteiger partial charge is 0.160 e. The van der Waals surface area contributed by atoms with E-state index in [1.807, 2.05) is 55.1 Å². The lowest BCUT2D eigenvalue weighted by atomic mass is 9.95. The monoisotopic (exact) mass is 886 g/mol. The lowest BCUT2D eigenvalue weighted by Gasteiger charge is -2.13. The Bertz CT molecular complexity index is 3950. The minimum absolute atomic E-state index is 0.678. The summed E-state index contributed by atoms with van der Waals surface area (Å²) in [6.45, 7) is 0. The topological polar surface area (TPSA) is 69.4 Å². The van der Waals surface area contributed by atoms with Crippen LogP contribution in [0.1, 0.15) is 0 Å². The molecule has 0 aliphatic carbocycles. The van der Waals surface area contributed by atoms with Crippen molar-refractivity contribution in [1.82, 2.24) is 29.5 Å². The molecule has 0 radical (unpaired) electrons. The van der Waals surface area contributed by atoms with Crippen LogP contribution in [0.2, 0.25) is 0 Å². The van der Waals surface area contributed by atoms with E-state index in [0.29, 0.717) is 5.82 Å². The fraction of sp³-hybridized carbons (Fsp3) is 0. The number of benzene rings is 7. The summed E-state index contributed by atoms with van der Waals surface area (Å²) in [5.74, 6) is 0.678. The van der Waals surface area contributed by atoms with E-state index >= 15 is 0 Å². The van der Waals surface area contributed by atoms with Crippen LogP contribution in [0.15, 0.2) is 231 Å². The van der Waals surface area contributed by atoms with Crippen LogP contribution in [0, 0.1) is 0 Å². The summed E-state index contributed by atoms with van der Waals surface area (Å²) in [6.07, 6.45) is 7.54. The molecule has 13 aromatic rings. The Kier molecular flexibility index (Phi) is 9.58. The molecule has 0 atom stereocenters. The maximum atomic E-state index is 5.42. The van der Waals surface area contributed by atoms with Crippen LogP contribution >= 0.6 is 11.3 Å². The van der Waals surface area contributed by atoms with Crippen LogP contribution in [0.5, 0.6) is 0 Å². The van der Waals surface area contributed by atoms with Crippen molar-refractivity contribution in [3.63, 3.8) is 0 Å². The molecule has 6 aromatic heterocycles. The average molecular weight is 887 g/mol. The second-order valence-electron chi connectivity index (χ2n) is 16.9. The first kappa shape index (κ1) is 39.5. The van der Waals surface area contributed by atoms with Gasteiger partial charge in [0.1, 0.15) is 0 Å². The molecule has 6 nitrogen and oxygen atoms in total. The van der Waals surface area contributed by atoms with E-state index in [2.05, 4.69) is 190 Å². The highest BCUT2D eigenvalue weighted by atomic mass is 32.1. The van der Waals surface area contributed by atoms with Gasteiger partial charge in [0.15, 0.2) is 5.82 Å². The third-order valence-electron chi connectivity index (χ3n) is 12.8. The van der Waals surface area contributed by atoms with Gasteiger partial charge in [0, 0.05) is 101 Å². The molecule has 68 heavy (non-hydrogen) atoms. The first-order valence-electron chi connectivity index (χ1n) is 22.6. The van der Waals surface area contributed by atoms with Crippen LogP contribution in [0.4, 0.5) is 0 Å². The molecule has 0 bridgehead atoms. The van der Waals surface area contributed by atoms with E-state index in [9.17, 15) is 0 Å². The molecule has 0 amide bonds. The van der Waals surface area contributed by atoms with Crippen molar-refractivity contribution in [3.05, 3.63) is 231 Å². The zero-order chi connectivity index (χ0) is 45.0. The third-order valence-corrected chi connectivity index (χ3v) is 14.1. The number of hydrogen-bond donors (Lipinski definition) is 0. The van der Waals surface area contributed by atoms with E-state index in [4.69, 9.17) is 15.0 Å². The maximum absolute atomic E-state index is 5.42. The summed E-state index contributed by atoms with van der Waals surface area (Å²) in [7, 11) is 0. The Labute approximate surface area is 396 Å². The normalized spacial score (nSPS) is 11.5. The standard InChI is InChI=1S/C61H38N6S/c1-3-14-41(15-4-1)58-57-56(45-19-12-32-62-37-45)59(46-20-13-33-63-38-46)68-60(57)50-35-43(30-31-51(50)64-58)39-26-28-40(29-27-39)52-36-53(66-61(65-52)42-16-5-2-6-17-42)44-18-11-21-47(34-44)67-54-24-9-7-22-48(54)49-23-8-10-25-55(49)67/h1-38H. The molecule has 13 rings (SSSR count). The molecular formula is C61H38N6S. The SMILES string of the molecule is c1ccc(-c2nc(-c3ccc(-c4ccc5nc(-c6ccccc6)c6c(-c7cccnc7)c(-c7cccnc7)sc6c5c4)cc3)cc(-c3cccc(-n4c5ccccc5c5ccccc54)c3)n2)cc1. The van der Waals surface area contributed by atoms with E-state index in [-0.39, 0.29) is 0 Å². The highest BCUT2D eigenvalue weighted by Crippen LogP contribution is 2.50. The number of para-hydroxylation sites is 2. The van der Waals surface area contributed by atoms with Gasteiger partial charge in [0.2, 0.25) is 0 Å². The largest absolute Gasteiger partial charge is 0.309 e. The third kappa shape index (κ3) is 6.84. The number of hydrogen-bond acceptors (Lipinski definition) is 6. The van der Waals surface area contributed by atoms with E-state index in [0.717, 1.165) is 94.0 Å². The van der Waals surface area contributed by atoms with Gasteiger partial charge in [-0.25, -0.2) is 15.0 Å². The molecule has 318 valence electrons. The summed E-state index contributed by atoms with van der Waals surface area (Å²) in [5.41, 5.74) is 16.5. The van der Waals surface area contributed by atoms with Gasteiger partial charge in [-0.3, -0.25) is 9.97 Å². The van der Waals surface area contributed by atoms with Gasteiger partial charge >= 0.3 is 0 Å². The van der Waals surface area contributed by atoms with Crippen molar-refractivity contribution in [3.8, 4) is 83.5 Å². The van der Waals surface area contributed by atoms with Gasteiger partial charge in [-0.15, -0.1) is 11.3 Å². The summed E-state index contributed by atoms with van der Waals surface area (Å²) >= 11 is 1.79. The summed E-state index contributed by atoms with van der Waals surface area (Å²) in [6, 6.07) is 72.4. The zero-order valence-corrected chi connectivity index (χ0v) is 37.3. The second kappa shape index (κ2) is 16.5. The average Bonchev–Trinajstić information content (AvgIpc) is 3.99. The van der Waals surface area contributed by atoms with Crippen LogP contribution in [0.3, 0.4) is 0 Å². The number of rotatable bonds is 8. The molecule has 0 saturated carbocycles. The van der Waals surface area contributed by atoms with Gasteiger partial charge in [0.05, 0.1) is 33.6 Å². The lowest BCUT2D eigenvalue weighted by molar-refractivity contribution is 1.16. The molecule has 0 saturated heterocycles. The van der Waals surface area contributed by atoms with Crippen molar-refractivity contribution in [2.45, 2.75) is 0 Å². The lowest BCUT2D eigenvalue weighted by Crippen LogP contribution is -1.98. The molecule has 0 aliphatic rings. The quantitative estimate of drug-likeness (QED) is 0.152.